The summed E-state index contributed by atoms with van der Waals surface area (Å²) >= 11 is 1.75. The van der Waals surface area contributed by atoms with Gasteiger partial charge in [-0.3, -0.25) is 0 Å². The molecule has 1 aromatic rings. The van der Waals surface area contributed by atoms with E-state index in [1.807, 2.05) is 0 Å². The van der Waals surface area contributed by atoms with E-state index in [0.29, 0.717) is 9.26 Å². The first-order valence-electron chi connectivity index (χ1n) is 4.38. The van der Waals surface area contributed by atoms with Crippen molar-refractivity contribution >= 4 is 22.6 Å². The van der Waals surface area contributed by atoms with Crippen LogP contribution in [0.1, 0.15) is 11.1 Å². The normalized spacial score (nSPS) is 11.1. The van der Waals surface area contributed by atoms with Crippen LogP contribution in [0.4, 0.5) is 13.2 Å². The number of aromatic nitrogens is 1. The molecule has 1 aromatic heterocycles. The number of nitriles is 1. The zero-order valence-corrected chi connectivity index (χ0v) is 10.5. The van der Waals surface area contributed by atoms with E-state index >= 15 is 0 Å². The Morgan fingerprint density at radius 2 is 2.18 bits per heavy atom. The number of pyridine rings is 1. The summed E-state index contributed by atoms with van der Waals surface area (Å²) in [6, 6.07) is 3.28. The van der Waals surface area contributed by atoms with E-state index in [4.69, 9.17) is 11.0 Å². The Hall–Kier alpha value is -1.08. The molecular weight excluding hydrogens is 350 g/mol. The highest BCUT2D eigenvalue weighted by Crippen LogP contribution is 2.28. The highest BCUT2D eigenvalue weighted by Gasteiger charge is 2.33. The predicted octanol–water partition coefficient (Wildman–Crippen LogP) is 2.11. The van der Waals surface area contributed by atoms with Crippen LogP contribution in [0.15, 0.2) is 6.07 Å². The van der Waals surface area contributed by atoms with E-state index in [1.165, 1.54) is 6.07 Å². The summed E-state index contributed by atoms with van der Waals surface area (Å²) in [4.78, 5) is 3.62. The van der Waals surface area contributed by atoms with Crippen molar-refractivity contribution in [3.05, 3.63) is 20.9 Å². The van der Waals surface area contributed by atoms with Crippen molar-refractivity contribution < 1.29 is 17.9 Å². The van der Waals surface area contributed by atoms with Crippen LogP contribution in [0, 0.1) is 15.0 Å². The molecule has 0 fully saturated rings. The first kappa shape index (κ1) is 14.0. The van der Waals surface area contributed by atoms with Crippen LogP contribution in [0.25, 0.3) is 0 Å². The maximum absolute atomic E-state index is 12.2. The number of hydrogen-bond acceptors (Lipinski definition) is 4. The molecule has 0 aliphatic heterocycles. The van der Waals surface area contributed by atoms with E-state index in [-0.39, 0.29) is 18.5 Å². The monoisotopic (exact) mass is 357 g/mol. The lowest BCUT2D eigenvalue weighted by Gasteiger charge is -2.13. The lowest BCUT2D eigenvalue weighted by molar-refractivity contribution is -0.276. The molecule has 0 saturated carbocycles. The van der Waals surface area contributed by atoms with Crippen molar-refractivity contribution in [3.63, 3.8) is 0 Å². The van der Waals surface area contributed by atoms with Crippen molar-refractivity contribution in [1.29, 1.82) is 5.26 Å². The van der Waals surface area contributed by atoms with Crippen LogP contribution in [-0.4, -0.2) is 11.3 Å². The predicted molar refractivity (Wildman–Crippen MR) is 60.8 cm³/mol. The van der Waals surface area contributed by atoms with Gasteiger partial charge < -0.3 is 10.5 Å². The largest absolute Gasteiger partial charge is 0.574 e. The lowest BCUT2D eigenvalue weighted by atomic mass is 10.1. The Kier molecular flexibility index (Phi) is 4.53. The fourth-order valence-corrected chi connectivity index (χ4v) is 1.80. The van der Waals surface area contributed by atoms with Crippen LogP contribution < -0.4 is 10.5 Å². The molecule has 0 aliphatic rings. The maximum atomic E-state index is 12.2. The highest BCUT2D eigenvalue weighted by molar-refractivity contribution is 14.1. The van der Waals surface area contributed by atoms with Gasteiger partial charge in [0.15, 0.2) is 0 Å². The third-order valence-electron chi connectivity index (χ3n) is 1.84. The summed E-state index contributed by atoms with van der Waals surface area (Å²) in [5.74, 6) is -0.605. The first-order chi connectivity index (χ1) is 7.87. The SMILES string of the molecule is N#CCc1c(CN)cc(I)nc1OC(F)(F)F. The van der Waals surface area contributed by atoms with Gasteiger partial charge in [0.05, 0.1) is 12.5 Å². The maximum Gasteiger partial charge on any atom is 0.574 e. The van der Waals surface area contributed by atoms with Gasteiger partial charge in [-0.05, 0) is 34.2 Å². The first-order valence-corrected chi connectivity index (χ1v) is 5.46. The fraction of sp³-hybridized carbons (Fsp3) is 0.333. The van der Waals surface area contributed by atoms with Crippen LogP contribution >= 0.6 is 22.6 Å². The molecule has 0 saturated heterocycles. The molecule has 0 amide bonds. The number of halogens is 4. The molecule has 8 heteroatoms. The minimum atomic E-state index is -4.84. The van der Waals surface area contributed by atoms with Crippen molar-refractivity contribution in [2.24, 2.45) is 5.73 Å². The number of alkyl halides is 3. The number of hydrogen-bond donors (Lipinski definition) is 1. The number of nitrogens with two attached hydrogens (primary N) is 1. The summed E-state index contributed by atoms with van der Waals surface area (Å²) < 4.78 is 40.6. The average molecular weight is 357 g/mol. The Balaban J connectivity index is 3.26. The second kappa shape index (κ2) is 5.50. The van der Waals surface area contributed by atoms with Gasteiger partial charge in [-0.25, -0.2) is 4.98 Å². The van der Waals surface area contributed by atoms with Crippen molar-refractivity contribution in [2.45, 2.75) is 19.3 Å². The molecule has 4 nitrogen and oxygen atoms in total. The smallest absolute Gasteiger partial charge is 0.387 e. The third-order valence-corrected chi connectivity index (χ3v) is 2.39. The minimum absolute atomic E-state index is 0.0176. The van der Waals surface area contributed by atoms with E-state index < -0.39 is 12.2 Å². The Morgan fingerprint density at radius 3 is 2.65 bits per heavy atom. The molecule has 0 radical (unpaired) electrons. The lowest BCUT2D eigenvalue weighted by Crippen LogP contribution is -2.20. The minimum Gasteiger partial charge on any atom is -0.387 e. The zero-order chi connectivity index (χ0) is 13.1. The summed E-state index contributed by atoms with van der Waals surface area (Å²) in [7, 11) is 0. The van der Waals surface area contributed by atoms with Crippen molar-refractivity contribution in [3.8, 4) is 11.9 Å². The Morgan fingerprint density at radius 1 is 1.53 bits per heavy atom. The number of nitrogens with zero attached hydrogens (tertiary/aromatic N) is 2. The van der Waals surface area contributed by atoms with Gasteiger partial charge in [-0.15, -0.1) is 13.2 Å². The third kappa shape index (κ3) is 4.01. The van der Waals surface area contributed by atoms with E-state index in [1.54, 1.807) is 28.7 Å². The van der Waals surface area contributed by atoms with Crippen LogP contribution in [0.2, 0.25) is 0 Å². The molecule has 17 heavy (non-hydrogen) atoms. The Bertz CT molecular complexity index is 456. The molecule has 1 rings (SSSR count). The van der Waals surface area contributed by atoms with Crippen LogP contribution in [-0.2, 0) is 13.0 Å². The van der Waals surface area contributed by atoms with Crippen molar-refractivity contribution in [2.75, 3.05) is 0 Å². The van der Waals surface area contributed by atoms with Gasteiger partial charge in [-0.1, -0.05) is 0 Å². The van der Waals surface area contributed by atoms with Gasteiger partial charge in [0.1, 0.15) is 3.70 Å². The van der Waals surface area contributed by atoms with Gasteiger partial charge in [0.25, 0.3) is 0 Å². The Labute approximate surface area is 109 Å². The molecule has 0 bridgehead atoms. The molecule has 2 N–H and O–H groups in total. The van der Waals surface area contributed by atoms with Gasteiger partial charge >= 0.3 is 6.36 Å². The molecule has 0 atom stereocenters. The summed E-state index contributed by atoms with van der Waals surface area (Å²) in [5.41, 5.74) is 5.90. The van der Waals surface area contributed by atoms with Crippen LogP contribution in [0.3, 0.4) is 0 Å². The fourth-order valence-electron chi connectivity index (χ4n) is 1.21. The number of ether oxygens (including phenoxy) is 1. The summed E-state index contributed by atoms with van der Waals surface area (Å²) in [5, 5.41) is 8.57. The molecule has 0 aromatic carbocycles. The zero-order valence-electron chi connectivity index (χ0n) is 8.38. The highest BCUT2D eigenvalue weighted by atomic mass is 127. The van der Waals surface area contributed by atoms with E-state index in [0.717, 1.165) is 0 Å². The van der Waals surface area contributed by atoms with Crippen molar-refractivity contribution in [1.82, 2.24) is 4.98 Å². The van der Waals surface area contributed by atoms with Gasteiger partial charge in [0, 0.05) is 12.1 Å². The second-order valence-corrected chi connectivity index (χ2v) is 4.08. The quantitative estimate of drug-likeness (QED) is 0.665. The second-order valence-electron chi connectivity index (χ2n) is 2.97. The standard InChI is InChI=1S/C9H7F3IN3O/c10-9(11,12)17-8-6(1-2-14)5(4-15)3-7(13)16-8/h3H,1,4,15H2. The van der Waals surface area contributed by atoms with Gasteiger partial charge in [-0.2, -0.15) is 5.26 Å². The molecule has 0 aliphatic carbocycles. The summed E-state index contributed by atoms with van der Waals surface area (Å²) in [6.45, 7) is 0.0176. The van der Waals surface area contributed by atoms with E-state index in [2.05, 4.69) is 9.72 Å². The summed E-state index contributed by atoms with van der Waals surface area (Å²) in [6.07, 6.45) is -5.07. The number of rotatable bonds is 3. The molecule has 1 heterocycles. The van der Waals surface area contributed by atoms with Crippen LogP contribution in [0.5, 0.6) is 5.88 Å². The topological polar surface area (TPSA) is 71.9 Å². The molecule has 0 unspecified atom stereocenters. The van der Waals surface area contributed by atoms with E-state index in [9.17, 15) is 13.2 Å². The molecular formula is C9H7F3IN3O. The average Bonchev–Trinajstić information content (AvgIpc) is 2.19. The molecule has 92 valence electrons. The van der Waals surface area contributed by atoms with Gasteiger partial charge in [0.2, 0.25) is 5.88 Å². The molecule has 0 spiro atoms.